The summed E-state index contributed by atoms with van der Waals surface area (Å²) in [5.41, 5.74) is 2.51. The van der Waals surface area contributed by atoms with Crippen molar-refractivity contribution in [2.75, 3.05) is 20.2 Å². The Morgan fingerprint density at radius 3 is 3.07 bits per heavy atom. The van der Waals surface area contributed by atoms with Crippen LogP contribution in [0.1, 0.15) is 46.7 Å². The van der Waals surface area contributed by atoms with E-state index in [1.54, 1.807) is 25.0 Å². The van der Waals surface area contributed by atoms with Gasteiger partial charge in [-0.15, -0.1) is 11.3 Å². The number of carbonyl (C=O) groups excluding carboxylic acids is 1. The van der Waals surface area contributed by atoms with Crippen molar-refractivity contribution in [2.24, 2.45) is 0 Å². The van der Waals surface area contributed by atoms with E-state index in [1.165, 1.54) is 11.3 Å². The summed E-state index contributed by atoms with van der Waals surface area (Å²) in [6, 6.07) is 7.94. The Labute approximate surface area is 168 Å². The van der Waals surface area contributed by atoms with E-state index in [0.29, 0.717) is 23.7 Å². The molecule has 1 aromatic carbocycles. The van der Waals surface area contributed by atoms with Gasteiger partial charge < -0.3 is 14.1 Å². The van der Waals surface area contributed by atoms with Crippen molar-refractivity contribution < 1.29 is 13.9 Å². The van der Waals surface area contributed by atoms with E-state index in [-0.39, 0.29) is 11.3 Å². The Morgan fingerprint density at radius 1 is 1.39 bits per heavy atom. The lowest BCUT2D eigenvalue weighted by atomic mass is 9.81. The third-order valence-electron chi connectivity index (χ3n) is 5.21. The van der Waals surface area contributed by atoms with Gasteiger partial charge in [0.2, 0.25) is 5.89 Å². The highest BCUT2D eigenvalue weighted by atomic mass is 32.1. The lowest BCUT2D eigenvalue weighted by molar-refractivity contribution is 0.0630. The van der Waals surface area contributed by atoms with Gasteiger partial charge in [0, 0.05) is 19.5 Å². The van der Waals surface area contributed by atoms with E-state index in [2.05, 4.69) is 16.9 Å². The van der Waals surface area contributed by atoms with E-state index in [4.69, 9.17) is 9.15 Å². The van der Waals surface area contributed by atoms with Crippen molar-refractivity contribution in [3.05, 3.63) is 64.3 Å². The molecule has 0 saturated carbocycles. The molecule has 3 aromatic rings. The molecule has 0 bridgehead atoms. The second-order valence-corrected chi connectivity index (χ2v) is 8.30. The zero-order valence-corrected chi connectivity index (χ0v) is 16.9. The predicted octanol–water partition coefficient (Wildman–Crippen LogP) is 3.92. The van der Waals surface area contributed by atoms with E-state index in [1.807, 2.05) is 29.2 Å². The summed E-state index contributed by atoms with van der Waals surface area (Å²) < 4.78 is 11.4. The van der Waals surface area contributed by atoms with Gasteiger partial charge in [0.05, 0.1) is 30.4 Å². The number of ether oxygens (including phenoxy) is 1. The van der Waals surface area contributed by atoms with Crippen LogP contribution in [-0.4, -0.2) is 41.0 Å². The average Bonchev–Trinajstić information content (AvgIpc) is 3.40. The monoisotopic (exact) mass is 397 g/mol. The van der Waals surface area contributed by atoms with Crippen LogP contribution in [0.5, 0.6) is 5.75 Å². The van der Waals surface area contributed by atoms with Crippen molar-refractivity contribution in [1.82, 2.24) is 14.9 Å². The van der Waals surface area contributed by atoms with Crippen LogP contribution in [0.25, 0.3) is 0 Å². The van der Waals surface area contributed by atoms with Gasteiger partial charge in [0.1, 0.15) is 16.4 Å². The maximum atomic E-state index is 12.7. The summed E-state index contributed by atoms with van der Waals surface area (Å²) in [6.45, 7) is 3.48. The fourth-order valence-electron chi connectivity index (χ4n) is 3.72. The first kappa shape index (κ1) is 18.7. The molecule has 7 heteroatoms. The van der Waals surface area contributed by atoms with Crippen LogP contribution in [0.2, 0.25) is 0 Å². The lowest BCUT2D eigenvalue weighted by Gasteiger charge is -2.38. The molecule has 1 aliphatic heterocycles. The molecule has 1 amide bonds. The van der Waals surface area contributed by atoms with Gasteiger partial charge in [-0.2, -0.15) is 0 Å². The highest BCUT2D eigenvalue weighted by Gasteiger charge is 2.38. The fraction of sp³-hybridized carbons (Fsp3) is 0.381. The minimum Gasteiger partial charge on any atom is -0.497 e. The van der Waals surface area contributed by atoms with Gasteiger partial charge in [-0.25, -0.2) is 4.98 Å². The van der Waals surface area contributed by atoms with Crippen molar-refractivity contribution in [1.29, 1.82) is 0 Å². The summed E-state index contributed by atoms with van der Waals surface area (Å²) >= 11 is 1.38. The first-order chi connectivity index (χ1) is 13.6. The van der Waals surface area contributed by atoms with Gasteiger partial charge in [-0.3, -0.25) is 9.78 Å². The van der Waals surface area contributed by atoms with Crippen LogP contribution >= 0.6 is 11.3 Å². The van der Waals surface area contributed by atoms with Crippen LogP contribution in [0.4, 0.5) is 0 Å². The molecule has 1 atom stereocenters. The molecule has 6 nitrogen and oxygen atoms in total. The van der Waals surface area contributed by atoms with Crippen LogP contribution in [0.3, 0.4) is 0 Å². The van der Waals surface area contributed by atoms with Gasteiger partial charge >= 0.3 is 0 Å². The molecule has 1 fully saturated rings. The first-order valence-electron chi connectivity index (χ1n) is 9.33. The summed E-state index contributed by atoms with van der Waals surface area (Å²) in [7, 11) is 1.66. The van der Waals surface area contributed by atoms with E-state index >= 15 is 0 Å². The molecule has 1 aliphatic rings. The number of carbonyl (C=O) groups is 1. The van der Waals surface area contributed by atoms with Gasteiger partial charge in [-0.1, -0.05) is 12.1 Å². The second-order valence-electron chi connectivity index (χ2n) is 7.42. The normalized spacial score (nSPS) is 19.6. The molecule has 2 aromatic heterocycles. The summed E-state index contributed by atoms with van der Waals surface area (Å²) in [5.74, 6) is 2.38. The molecule has 0 aliphatic carbocycles. The van der Waals surface area contributed by atoms with Crippen molar-refractivity contribution in [3.8, 4) is 5.75 Å². The van der Waals surface area contributed by atoms with Gasteiger partial charge in [0.15, 0.2) is 0 Å². The number of benzene rings is 1. The molecule has 4 rings (SSSR count). The molecule has 146 valence electrons. The quantitative estimate of drug-likeness (QED) is 0.653. The number of aromatic nitrogens is 2. The summed E-state index contributed by atoms with van der Waals surface area (Å²) in [5, 5.41) is 0. The third kappa shape index (κ3) is 3.80. The SMILES string of the molecule is COc1cccc(Cc2cnc([C@@]3(C)CCCN(C(=O)c4cncs4)C3)o2)c1. The zero-order valence-electron chi connectivity index (χ0n) is 16.1. The molecule has 0 radical (unpaired) electrons. The Kier molecular flexibility index (Phi) is 5.17. The first-order valence-corrected chi connectivity index (χ1v) is 10.2. The largest absolute Gasteiger partial charge is 0.497 e. The van der Waals surface area contributed by atoms with Crippen LogP contribution in [-0.2, 0) is 11.8 Å². The molecule has 0 N–H and O–H groups in total. The van der Waals surface area contributed by atoms with Crippen molar-refractivity contribution in [3.63, 3.8) is 0 Å². The Bertz CT molecular complexity index is 953. The number of methoxy groups -OCH3 is 1. The Balaban J connectivity index is 1.49. The molecule has 3 heterocycles. The number of amides is 1. The molecular formula is C21H23N3O3S. The van der Waals surface area contributed by atoms with Crippen LogP contribution in [0, 0.1) is 0 Å². The minimum atomic E-state index is -0.286. The standard InChI is InChI=1S/C21H23N3O3S/c1-21(7-4-8-24(13-21)19(25)18-12-22-14-28-18)20-23-11-17(27-20)10-15-5-3-6-16(9-15)26-2/h3,5-6,9,11-12,14H,4,7-8,10,13H2,1-2H3/t21-/m0/s1. The lowest BCUT2D eigenvalue weighted by Crippen LogP contribution is -2.47. The number of piperidine rings is 1. The van der Waals surface area contributed by atoms with E-state index < -0.39 is 0 Å². The fourth-order valence-corrected chi connectivity index (χ4v) is 4.30. The maximum Gasteiger partial charge on any atom is 0.265 e. The number of oxazole rings is 1. The number of hydrogen-bond donors (Lipinski definition) is 0. The summed E-state index contributed by atoms with van der Waals surface area (Å²) in [4.78, 5) is 23.9. The topological polar surface area (TPSA) is 68.5 Å². The van der Waals surface area contributed by atoms with Crippen molar-refractivity contribution in [2.45, 2.75) is 31.6 Å². The molecule has 0 spiro atoms. The van der Waals surface area contributed by atoms with E-state index in [9.17, 15) is 4.79 Å². The van der Waals surface area contributed by atoms with E-state index in [0.717, 1.165) is 36.5 Å². The molecular weight excluding hydrogens is 374 g/mol. The maximum absolute atomic E-state index is 12.7. The number of likely N-dealkylation sites (tertiary alicyclic amines) is 1. The zero-order chi connectivity index (χ0) is 19.6. The van der Waals surface area contributed by atoms with Gasteiger partial charge in [0.25, 0.3) is 5.91 Å². The molecule has 0 unspecified atom stereocenters. The third-order valence-corrected chi connectivity index (χ3v) is 5.97. The predicted molar refractivity (Wildman–Crippen MR) is 107 cm³/mol. The Morgan fingerprint density at radius 2 is 2.29 bits per heavy atom. The highest BCUT2D eigenvalue weighted by molar-refractivity contribution is 7.11. The number of hydrogen-bond acceptors (Lipinski definition) is 6. The average molecular weight is 398 g/mol. The molecule has 28 heavy (non-hydrogen) atoms. The van der Waals surface area contributed by atoms with Crippen molar-refractivity contribution >= 4 is 17.2 Å². The number of rotatable bonds is 5. The van der Waals surface area contributed by atoms with Gasteiger partial charge in [-0.05, 0) is 37.5 Å². The summed E-state index contributed by atoms with van der Waals surface area (Å²) in [6.07, 6.45) is 5.96. The highest BCUT2D eigenvalue weighted by Crippen LogP contribution is 2.34. The second kappa shape index (κ2) is 7.75. The van der Waals surface area contributed by atoms with Crippen LogP contribution < -0.4 is 4.74 Å². The van der Waals surface area contributed by atoms with Crippen LogP contribution in [0.15, 0.2) is 46.6 Å². The number of thiazole rings is 1. The number of nitrogens with zero attached hydrogens (tertiary/aromatic N) is 3. The minimum absolute atomic E-state index is 0.0385. The smallest absolute Gasteiger partial charge is 0.265 e. The molecule has 1 saturated heterocycles. The Hall–Kier alpha value is -2.67.